The topological polar surface area (TPSA) is 84.4 Å². The molecule has 20 heavy (non-hydrogen) atoms. The molecule has 102 valence electrons. The first-order chi connectivity index (χ1) is 9.72. The van der Waals surface area contributed by atoms with E-state index in [1.807, 2.05) is 6.07 Å². The van der Waals surface area contributed by atoms with Crippen LogP contribution >= 0.6 is 11.3 Å². The van der Waals surface area contributed by atoms with E-state index in [0.29, 0.717) is 10.9 Å². The van der Waals surface area contributed by atoms with Crippen LogP contribution in [0.2, 0.25) is 0 Å². The Hall–Kier alpha value is -2.48. The minimum absolute atomic E-state index is 0.0422. The Labute approximate surface area is 118 Å². The highest BCUT2D eigenvalue weighted by Crippen LogP contribution is 2.31. The van der Waals surface area contributed by atoms with Crippen molar-refractivity contribution in [2.45, 2.75) is 0 Å². The number of nitrogens with one attached hydrogen (secondary N) is 1. The molecule has 0 fully saturated rings. The Morgan fingerprint density at radius 1 is 1.45 bits per heavy atom. The zero-order chi connectivity index (χ0) is 13.9. The maximum Gasteiger partial charge on any atom is 0.331 e. The molecule has 1 aromatic heterocycles. The second-order valence-corrected chi connectivity index (χ2v) is 4.92. The highest BCUT2D eigenvalue weighted by molar-refractivity contribution is 7.13. The molecular formula is C12H10N4O3S. The van der Waals surface area contributed by atoms with E-state index in [2.05, 4.69) is 15.5 Å². The van der Waals surface area contributed by atoms with Gasteiger partial charge in [0.15, 0.2) is 5.75 Å². The standard InChI is InChI=1S/C12H10N4O3S/c17-10(14-12-15-13-7-20-12)5-16-6-11(18)19-9-4-2-1-3-8(9)16/h1-4,7H,5-6H2,(H,14,15,17). The summed E-state index contributed by atoms with van der Waals surface area (Å²) in [6.07, 6.45) is 0. The normalized spacial score (nSPS) is 13.6. The predicted octanol–water partition coefficient (Wildman–Crippen LogP) is 0.902. The number of aromatic nitrogens is 2. The van der Waals surface area contributed by atoms with Gasteiger partial charge in [0.05, 0.1) is 12.2 Å². The second kappa shape index (κ2) is 5.25. The molecule has 0 spiro atoms. The lowest BCUT2D eigenvalue weighted by Crippen LogP contribution is -2.41. The van der Waals surface area contributed by atoms with Crippen molar-refractivity contribution in [3.8, 4) is 5.75 Å². The third kappa shape index (κ3) is 2.59. The number of hydrogen-bond acceptors (Lipinski definition) is 7. The van der Waals surface area contributed by atoms with Crippen LogP contribution < -0.4 is 15.0 Å². The SMILES string of the molecule is O=C(CN1CC(=O)Oc2ccccc21)Nc1nncs1. The van der Waals surface area contributed by atoms with Crippen LogP contribution in [0.15, 0.2) is 29.8 Å². The van der Waals surface area contributed by atoms with E-state index in [1.54, 1.807) is 23.1 Å². The molecule has 0 atom stereocenters. The van der Waals surface area contributed by atoms with Crippen LogP contribution in [-0.2, 0) is 9.59 Å². The van der Waals surface area contributed by atoms with Crippen LogP contribution in [0.25, 0.3) is 0 Å². The van der Waals surface area contributed by atoms with E-state index >= 15 is 0 Å². The number of carbonyl (C=O) groups excluding carboxylic acids is 2. The average Bonchev–Trinajstić information content (AvgIpc) is 2.91. The molecule has 0 saturated carbocycles. The Balaban J connectivity index is 1.74. The van der Waals surface area contributed by atoms with Crippen molar-refractivity contribution in [3.05, 3.63) is 29.8 Å². The summed E-state index contributed by atoms with van der Waals surface area (Å²) < 4.78 is 5.12. The number of carbonyl (C=O) groups is 2. The van der Waals surface area contributed by atoms with E-state index in [4.69, 9.17) is 4.74 Å². The molecule has 0 aliphatic carbocycles. The lowest BCUT2D eigenvalue weighted by atomic mass is 10.2. The van der Waals surface area contributed by atoms with Gasteiger partial charge in [0.1, 0.15) is 12.1 Å². The van der Waals surface area contributed by atoms with Crippen molar-refractivity contribution in [2.75, 3.05) is 23.3 Å². The molecule has 2 heterocycles. The number of rotatable bonds is 3. The lowest BCUT2D eigenvalue weighted by molar-refractivity contribution is -0.133. The van der Waals surface area contributed by atoms with Crippen LogP contribution in [0.1, 0.15) is 0 Å². The third-order valence-electron chi connectivity index (χ3n) is 2.69. The number of hydrogen-bond donors (Lipinski definition) is 1. The van der Waals surface area contributed by atoms with Gasteiger partial charge < -0.3 is 9.64 Å². The number of benzene rings is 1. The van der Waals surface area contributed by atoms with Crippen molar-refractivity contribution in [1.29, 1.82) is 0 Å². The number of ether oxygens (including phenoxy) is 1. The highest BCUT2D eigenvalue weighted by Gasteiger charge is 2.25. The van der Waals surface area contributed by atoms with E-state index < -0.39 is 0 Å². The number of amides is 1. The minimum atomic E-state index is -0.382. The predicted molar refractivity (Wildman–Crippen MR) is 72.8 cm³/mol. The first-order valence-electron chi connectivity index (χ1n) is 5.83. The number of nitrogens with zero attached hydrogens (tertiary/aromatic N) is 3. The van der Waals surface area contributed by atoms with E-state index in [1.165, 1.54) is 16.8 Å². The van der Waals surface area contributed by atoms with Crippen molar-refractivity contribution < 1.29 is 14.3 Å². The van der Waals surface area contributed by atoms with Crippen LogP contribution in [0.4, 0.5) is 10.8 Å². The van der Waals surface area contributed by atoms with E-state index in [9.17, 15) is 9.59 Å². The Morgan fingerprint density at radius 3 is 3.10 bits per heavy atom. The molecule has 1 aliphatic heterocycles. The van der Waals surface area contributed by atoms with Crippen molar-refractivity contribution in [3.63, 3.8) is 0 Å². The number of anilines is 2. The van der Waals surface area contributed by atoms with Crippen molar-refractivity contribution in [1.82, 2.24) is 10.2 Å². The molecule has 1 amide bonds. The monoisotopic (exact) mass is 290 g/mol. The average molecular weight is 290 g/mol. The van der Waals surface area contributed by atoms with Gasteiger partial charge >= 0.3 is 5.97 Å². The summed E-state index contributed by atoms with van der Waals surface area (Å²) in [6.45, 7) is 0.0895. The van der Waals surface area contributed by atoms with E-state index in [-0.39, 0.29) is 25.0 Å². The van der Waals surface area contributed by atoms with Gasteiger partial charge in [-0.2, -0.15) is 0 Å². The summed E-state index contributed by atoms with van der Waals surface area (Å²) in [5, 5.41) is 10.4. The molecule has 0 saturated heterocycles. The molecular weight excluding hydrogens is 280 g/mol. The molecule has 1 aliphatic rings. The first-order valence-corrected chi connectivity index (χ1v) is 6.71. The zero-order valence-electron chi connectivity index (χ0n) is 10.3. The van der Waals surface area contributed by atoms with Crippen LogP contribution in [0, 0.1) is 0 Å². The van der Waals surface area contributed by atoms with Gasteiger partial charge in [0.2, 0.25) is 11.0 Å². The van der Waals surface area contributed by atoms with Gasteiger partial charge in [-0.25, -0.2) is 4.79 Å². The van der Waals surface area contributed by atoms with Gasteiger partial charge in [-0.1, -0.05) is 23.5 Å². The molecule has 7 nitrogen and oxygen atoms in total. The summed E-state index contributed by atoms with van der Waals surface area (Å²) in [7, 11) is 0. The van der Waals surface area contributed by atoms with Crippen LogP contribution in [0.5, 0.6) is 5.75 Å². The fourth-order valence-corrected chi connectivity index (χ4v) is 2.36. The molecule has 0 unspecified atom stereocenters. The maximum atomic E-state index is 11.9. The summed E-state index contributed by atoms with van der Waals surface area (Å²) in [4.78, 5) is 25.1. The smallest absolute Gasteiger partial charge is 0.331 e. The molecule has 3 rings (SSSR count). The fraction of sp³-hybridized carbons (Fsp3) is 0.167. The summed E-state index contributed by atoms with van der Waals surface area (Å²) in [6, 6.07) is 7.10. The maximum absolute atomic E-state index is 11.9. The van der Waals surface area contributed by atoms with Gasteiger partial charge in [0, 0.05) is 0 Å². The highest BCUT2D eigenvalue weighted by atomic mass is 32.1. The summed E-state index contributed by atoms with van der Waals surface area (Å²) >= 11 is 1.24. The molecule has 2 aromatic rings. The molecule has 1 N–H and O–H groups in total. The van der Waals surface area contributed by atoms with Crippen molar-refractivity contribution in [2.24, 2.45) is 0 Å². The van der Waals surface area contributed by atoms with Gasteiger partial charge in [-0.15, -0.1) is 10.2 Å². The van der Waals surface area contributed by atoms with Crippen molar-refractivity contribution >= 4 is 34.0 Å². The van der Waals surface area contributed by atoms with Gasteiger partial charge in [-0.05, 0) is 12.1 Å². The number of fused-ring (bicyclic) bond motifs is 1. The zero-order valence-corrected chi connectivity index (χ0v) is 11.1. The minimum Gasteiger partial charge on any atom is -0.423 e. The quantitative estimate of drug-likeness (QED) is 0.668. The van der Waals surface area contributed by atoms with Crippen LogP contribution in [-0.4, -0.2) is 35.2 Å². The Bertz CT molecular complexity index is 644. The van der Waals surface area contributed by atoms with Crippen LogP contribution in [0.3, 0.4) is 0 Å². The van der Waals surface area contributed by atoms with Gasteiger partial charge in [0.25, 0.3) is 0 Å². The molecule has 0 bridgehead atoms. The molecule has 8 heteroatoms. The summed E-state index contributed by atoms with van der Waals surface area (Å²) in [5.74, 6) is -0.175. The Kier molecular flexibility index (Phi) is 3.30. The van der Waals surface area contributed by atoms with Gasteiger partial charge in [-0.3, -0.25) is 10.1 Å². The molecule has 0 radical (unpaired) electrons. The first kappa shape index (κ1) is 12.5. The van der Waals surface area contributed by atoms with E-state index in [0.717, 1.165) is 5.69 Å². The largest absolute Gasteiger partial charge is 0.423 e. The fourth-order valence-electron chi connectivity index (χ4n) is 1.90. The molecule has 1 aromatic carbocycles. The lowest BCUT2D eigenvalue weighted by Gasteiger charge is -2.28. The summed E-state index contributed by atoms with van der Waals surface area (Å²) in [5.41, 5.74) is 2.25. The number of esters is 1. The Morgan fingerprint density at radius 2 is 2.30 bits per heavy atom. The third-order valence-corrected chi connectivity index (χ3v) is 3.30. The second-order valence-electron chi connectivity index (χ2n) is 4.09. The number of para-hydroxylation sites is 2.